The molecular formula is C14H23N3. The minimum absolute atomic E-state index is 0.698. The van der Waals surface area contributed by atoms with Crippen LogP contribution in [0, 0.1) is 5.92 Å². The molecule has 94 valence electrons. The van der Waals surface area contributed by atoms with Crippen LogP contribution >= 0.6 is 0 Å². The second kappa shape index (κ2) is 6.40. The van der Waals surface area contributed by atoms with Gasteiger partial charge in [0.2, 0.25) is 0 Å². The van der Waals surface area contributed by atoms with Crippen molar-refractivity contribution in [1.29, 1.82) is 0 Å². The number of nitrogens with one attached hydrogen (secondary N) is 2. The van der Waals surface area contributed by atoms with Gasteiger partial charge >= 0.3 is 0 Å². The van der Waals surface area contributed by atoms with Crippen LogP contribution in [0.5, 0.6) is 0 Å². The molecule has 3 nitrogen and oxygen atoms in total. The third kappa shape index (κ3) is 3.86. The summed E-state index contributed by atoms with van der Waals surface area (Å²) in [7, 11) is 0. The van der Waals surface area contributed by atoms with Gasteiger partial charge in [-0.25, -0.2) is 4.99 Å². The molecule has 0 aromatic heterocycles. The van der Waals surface area contributed by atoms with Crippen LogP contribution in [0.3, 0.4) is 0 Å². The zero-order chi connectivity index (χ0) is 12.8. The summed E-state index contributed by atoms with van der Waals surface area (Å²) in [5, 5.41) is 6.41. The maximum Gasteiger partial charge on any atom is 0.0930 e. The van der Waals surface area contributed by atoms with Crippen molar-refractivity contribution in [2.24, 2.45) is 10.9 Å². The van der Waals surface area contributed by atoms with Gasteiger partial charge in [0, 0.05) is 12.2 Å². The number of nitrogens with zero attached hydrogens (tertiary/aromatic N) is 1. The fourth-order valence-corrected chi connectivity index (χ4v) is 1.58. The third-order valence-corrected chi connectivity index (χ3v) is 3.10. The molecule has 2 N–H and O–H groups in total. The topological polar surface area (TPSA) is 36.4 Å². The van der Waals surface area contributed by atoms with Crippen LogP contribution < -0.4 is 10.6 Å². The van der Waals surface area contributed by atoms with Gasteiger partial charge in [-0.05, 0) is 30.5 Å². The average Bonchev–Trinajstić information content (AvgIpc) is 2.32. The summed E-state index contributed by atoms with van der Waals surface area (Å²) in [5.74, 6) is 0.698. The zero-order valence-electron chi connectivity index (χ0n) is 11.1. The normalized spacial score (nSPS) is 17.0. The molecule has 0 saturated carbocycles. The number of hydrogen-bond acceptors (Lipinski definition) is 3. The lowest BCUT2D eigenvalue weighted by atomic mass is 10.1. The smallest absolute Gasteiger partial charge is 0.0930 e. The largest absolute Gasteiger partial charge is 0.347 e. The Morgan fingerprint density at radius 2 is 2.29 bits per heavy atom. The Morgan fingerprint density at radius 1 is 1.59 bits per heavy atom. The van der Waals surface area contributed by atoms with Gasteiger partial charge < -0.3 is 10.6 Å². The molecule has 17 heavy (non-hydrogen) atoms. The average molecular weight is 233 g/mol. The van der Waals surface area contributed by atoms with Crippen molar-refractivity contribution < 1.29 is 0 Å². The molecule has 0 aliphatic carbocycles. The summed E-state index contributed by atoms with van der Waals surface area (Å²) < 4.78 is 0. The fraction of sp³-hybridized carbons (Fsp3) is 0.500. The molecule has 1 unspecified atom stereocenters. The fourth-order valence-electron chi connectivity index (χ4n) is 1.58. The van der Waals surface area contributed by atoms with E-state index in [-0.39, 0.29) is 0 Å². The Labute approximate surface area is 104 Å². The van der Waals surface area contributed by atoms with Gasteiger partial charge in [-0.15, -0.1) is 0 Å². The molecule has 1 aliphatic rings. The summed E-state index contributed by atoms with van der Waals surface area (Å²) >= 11 is 0. The predicted molar refractivity (Wildman–Crippen MR) is 74.9 cm³/mol. The van der Waals surface area contributed by atoms with Crippen LogP contribution in [-0.2, 0) is 0 Å². The van der Waals surface area contributed by atoms with Gasteiger partial charge in [-0.3, -0.25) is 0 Å². The van der Waals surface area contributed by atoms with E-state index in [9.17, 15) is 0 Å². The Kier molecular flexibility index (Phi) is 5.16. The molecular weight excluding hydrogens is 210 g/mol. The molecule has 0 radical (unpaired) electrons. The molecule has 0 fully saturated rings. The second-order valence-electron chi connectivity index (χ2n) is 4.60. The lowest BCUT2D eigenvalue weighted by Gasteiger charge is -2.18. The van der Waals surface area contributed by atoms with Crippen molar-refractivity contribution in [2.75, 3.05) is 13.1 Å². The Hall–Kier alpha value is -1.35. The van der Waals surface area contributed by atoms with Gasteiger partial charge in [-0.2, -0.15) is 0 Å². The SMILES string of the molecule is C=C(CNCC(C)CC)C1=C(C)C(=C)NC=N1. The highest BCUT2D eigenvalue weighted by Crippen LogP contribution is 2.20. The van der Waals surface area contributed by atoms with E-state index >= 15 is 0 Å². The van der Waals surface area contributed by atoms with Crippen molar-refractivity contribution in [1.82, 2.24) is 10.6 Å². The first-order valence-corrected chi connectivity index (χ1v) is 6.14. The van der Waals surface area contributed by atoms with Crippen LogP contribution in [0.1, 0.15) is 27.2 Å². The third-order valence-electron chi connectivity index (χ3n) is 3.10. The highest BCUT2D eigenvalue weighted by atomic mass is 15.0. The first kappa shape index (κ1) is 13.7. The van der Waals surface area contributed by atoms with Crippen molar-refractivity contribution in [2.45, 2.75) is 27.2 Å². The summed E-state index contributed by atoms with van der Waals surface area (Å²) in [5.41, 5.74) is 3.94. The van der Waals surface area contributed by atoms with E-state index in [0.29, 0.717) is 5.92 Å². The van der Waals surface area contributed by atoms with Crippen molar-refractivity contribution in [3.05, 3.63) is 35.7 Å². The molecule has 1 heterocycles. The predicted octanol–water partition coefficient (Wildman–Crippen LogP) is 2.60. The highest BCUT2D eigenvalue weighted by Gasteiger charge is 2.11. The maximum atomic E-state index is 4.32. The molecule has 1 atom stereocenters. The molecule has 0 aromatic rings. The van der Waals surface area contributed by atoms with Crippen LogP contribution in [0.2, 0.25) is 0 Å². The van der Waals surface area contributed by atoms with Crippen molar-refractivity contribution in [3.63, 3.8) is 0 Å². The van der Waals surface area contributed by atoms with E-state index in [1.807, 2.05) is 6.92 Å². The van der Waals surface area contributed by atoms with Crippen molar-refractivity contribution in [3.8, 4) is 0 Å². The minimum atomic E-state index is 0.698. The summed E-state index contributed by atoms with van der Waals surface area (Å²) in [6, 6.07) is 0. The highest BCUT2D eigenvalue weighted by molar-refractivity contribution is 5.66. The van der Waals surface area contributed by atoms with Gasteiger partial charge in [0.25, 0.3) is 0 Å². The van der Waals surface area contributed by atoms with E-state index in [0.717, 1.165) is 35.6 Å². The number of rotatable bonds is 6. The Balaban J connectivity index is 2.51. The Bertz CT molecular complexity index is 364. The van der Waals surface area contributed by atoms with E-state index < -0.39 is 0 Å². The van der Waals surface area contributed by atoms with E-state index in [2.05, 4.69) is 42.6 Å². The van der Waals surface area contributed by atoms with Crippen LogP contribution in [-0.4, -0.2) is 19.4 Å². The molecule has 0 saturated heterocycles. The monoisotopic (exact) mass is 233 g/mol. The second-order valence-corrected chi connectivity index (χ2v) is 4.60. The lowest BCUT2D eigenvalue weighted by molar-refractivity contribution is 0.513. The minimum Gasteiger partial charge on any atom is -0.347 e. The molecule has 0 spiro atoms. The number of hydrogen-bond donors (Lipinski definition) is 2. The zero-order valence-corrected chi connectivity index (χ0v) is 11.1. The molecule has 0 aromatic carbocycles. The first-order valence-electron chi connectivity index (χ1n) is 6.14. The van der Waals surface area contributed by atoms with Gasteiger partial charge in [0.15, 0.2) is 0 Å². The summed E-state index contributed by atoms with van der Waals surface area (Å²) in [6.45, 7) is 16.3. The van der Waals surface area contributed by atoms with Crippen LogP contribution in [0.15, 0.2) is 40.7 Å². The summed E-state index contributed by atoms with van der Waals surface area (Å²) in [4.78, 5) is 4.32. The number of aliphatic imine (C=N–C) groups is 1. The quantitative estimate of drug-likeness (QED) is 0.740. The van der Waals surface area contributed by atoms with Gasteiger partial charge in [0.1, 0.15) is 0 Å². The number of allylic oxidation sites excluding steroid dienone is 1. The Morgan fingerprint density at radius 3 is 2.94 bits per heavy atom. The molecule has 0 amide bonds. The van der Waals surface area contributed by atoms with Crippen LogP contribution in [0.25, 0.3) is 0 Å². The van der Waals surface area contributed by atoms with Crippen molar-refractivity contribution >= 4 is 6.34 Å². The molecule has 0 bridgehead atoms. The van der Waals surface area contributed by atoms with Gasteiger partial charge in [-0.1, -0.05) is 33.4 Å². The summed E-state index contributed by atoms with van der Waals surface area (Å²) in [6.07, 6.45) is 2.87. The van der Waals surface area contributed by atoms with E-state index in [1.165, 1.54) is 6.42 Å². The lowest BCUT2D eigenvalue weighted by Crippen LogP contribution is -2.24. The van der Waals surface area contributed by atoms with Gasteiger partial charge in [0.05, 0.1) is 12.0 Å². The molecule has 1 aliphatic heterocycles. The standard InChI is InChI=1S/C14H23N3/c1-6-10(2)7-15-8-11(3)14-12(4)13(5)16-9-17-14/h9-10,15H,3,5-8H2,1-2,4H3,(H,16,17). The first-order chi connectivity index (χ1) is 8.06. The molecule has 3 heteroatoms. The molecule has 1 rings (SSSR count). The van der Waals surface area contributed by atoms with E-state index in [1.54, 1.807) is 6.34 Å². The van der Waals surface area contributed by atoms with Crippen LogP contribution in [0.4, 0.5) is 0 Å². The van der Waals surface area contributed by atoms with E-state index in [4.69, 9.17) is 0 Å². The maximum absolute atomic E-state index is 4.32.